The topological polar surface area (TPSA) is 69.0 Å². The van der Waals surface area contributed by atoms with Crippen LogP contribution in [-0.4, -0.2) is 33.5 Å². The molecule has 0 aliphatic rings. The van der Waals surface area contributed by atoms with Crippen molar-refractivity contribution in [2.24, 2.45) is 7.05 Å². The molecule has 6 nitrogen and oxygen atoms in total. The normalized spacial score (nSPS) is 11.6. The third-order valence-corrected chi connectivity index (χ3v) is 4.21. The number of halogens is 3. The summed E-state index contributed by atoms with van der Waals surface area (Å²) in [5.74, 6) is -0.169. The van der Waals surface area contributed by atoms with Gasteiger partial charge in [0.2, 0.25) is 0 Å². The third kappa shape index (κ3) is 4.41. The molecule has 0 aliphatic heterocycles. The van der Waals surface area contributed by atoms with Crippen LogP contribution in [0.15, 0.2) is 30.3 Å². The SMILES string of the molecule is Cc1nc2c(cc1C(=O)NCc1ccc(OCC(F)(F)F)cc1)c(C)nn2C. The number of hydrogen-bond acceptors (Lipinski definition) is 4. The smallest absolute Gasteiger partial charge is 0.422 e. The molecule has 28 heavy (non-hydrogen) atoms. The van der Waals surface area contributed by atoms with E-state index in [1.165, 1.54) is 12.1 Å². The summed E-state index contributed by atoms with van der Waals surface area (Å²) in [6, 6.07) is 7.84. The molecular weight excluding hydrogens is 373 g/mol. The number of rotatable bonds is 5. The molecule has 1 aromatic carbocycles. The lowest BCUT2D eigenvalue weighted by atomic mass is 10.1. The number of ether oxygens (including phenoxy) is 1. The van der Waals surface area contributed by atoms with E-state index < -0.39 is 12.8 Å². The van der Waals surface area contributed by atoms with Crippen molar-refractivity contribution in [3.05, 3.63) is 52.8 Å². The number of fused-ring (bicyclic) bond motifs is 1. The van der Waals surface area contributed by atoms with Crippen LogP contribution in [-0.2, 0) is 13.6 Å². The molecule has 0 spiro atoms. The largest absolute Gasteiger partial charge is 0.484 e. The summed E-state index contributed by atoms with van der Waals surface area (Å²) in [5, 5.41) is 7.91. The van der Waals surface area contributed by atoms with Gasteiger partial charge in [-0.2, -0.15) is 18.3 Å². The number of carbonyl (C=O) groups excluding carboxylic acids is 1. The van der Waals surface area contributed by atoms with Crippen molar-refractivity contribution in [2.75, 3.05) is 6.61 Å². The minimum Gasteiger partial charge on any atom is -0.484 e. The summed E-state index contributed by atoms with van der Waals surface area (Å²) in [6.45, 7) is 2.49. The number of nitrogens with one attached hydrogen (secondary N) is 1. The Morgan fingerprint density at radius 3 is 2.50 bits per heavy atom. The maximum Gasteiger partial charge on any atom is 0.422 e. The highest BCUT2D eigenvalue weighted by Crippen LogP contribution is 2.20. The molecule has 0 atom stereocenters. The maximum atomic E-state index is 12.6. The first-order valence-electron chi connectivity index (χ1n) is 8.51. The van der Waals surface area contributed by atoms with Crippen LogP contribution in [0, 0.1) is 13.8 Å². The molecule has 148 valence electrons. The van der Waals surface area contributed by atoms with Crippen molar-refractivity contribution in [1.82, 2.24) is 20.1 Å². The summed E-state index contributed by atoms with van der Waals surface area (Å²) in [6.07, 6.45) is -4.38. The summed E-state index contributed by atoms with van der Waals surface area (Å²) in [5.41, 5.74) is 3.27. The van der Waals surface area contributed by atoms with Gasteiger partial charge in [-0.05, 0) is 37.6 Å². The molecule has 0 saturated heterocycles. The van der Waals surface area contributed by atoms with Gasteiger partial charge in [-0.25, -0.2) is 4.98 Å². The van der Waals surface area contributed by atoms with Gasteiger partial charge >= 0.3 is 6.18 Å². The molecule has 2 aromatic heterocycles. The Morgan fingerprint density at radius 1 is 1.18 bits per heavy atom. The van der Waals surface area contributed by atoms with Gasteiger partial charge in [-0.1, -0.05) is 12.1 Å². The van der Waals surface area contributed by atoms with Gasteiger partial charge in [0.1, 0.15) is 5.75 Å². The second-order valence-corrected chi connectivity index (χ2v) is 6.43. The van der Waals surface area contributed by atoms with Crippen LogP contribution in [0.25, 0.3) is 11.0 Å². The Kier molecular flexibility index (Phi) is 5.26. The highest BCUT2D eigenvalue weighted by molar-refractivity contribution is 5.98. The van der Waals surface area contributed by atoms with Crippen molar-refractivity contribution < 1.29 is 22.7 Å². The number of alkyl halides is 3. The highest BCUT2D eigenvalue weighted by atomic mass is 19.4. The minimum absolute atomic E-state index is 0.116. The number of carbonyl (C=O) groups is 1. The summed E-state index contributed by atoms with van der Waals surface area (Å²) in [4.78, 5) is 17.0. The summed E-state index contributed by atoms with van der Waals surface area (Å²) in [7, 11) is 1.80. The first-order valence-corrected chi connectivity index (χ1v) is 8.51. The molecule has 0 bridgehead atoms. The van der Waals surface area contributed by atoms with E-state index in [9.17, 15) is 18.0 Å². The number of nitrogens with zero attached hydrogens (tertiary/aromatic N) is 3. The Morgan fingerprint density at radius 2 is 1.86 bits per heavy atom. The van der Waals surface area contributed by atoms with E-state index in [1.807, 2.05) is 6.92 Å². The molecule has 1 amide bonds. The Balaban J connectivity index is 1.66. The lowest BCUT2D eigenvalue weighted by Gasteiger charge is -2.10. The van der Waals surface area contributed by atoms with Crippen LogP contribution in [0.1, 0.15) is 27.3 Å². The van der Waals surface area contributed by atoms with Crippen LogP contribution in [0.2, 0.25) is 0 Å². The molecule has 0 fully saturated rings. The Bertz CT molecular complexity index is 1010. The lowest BCUT2D eigenvalue weighted by Crippen LogP contribution is -2.24. The second kappa shape index (κ2) is 7.49. The molecular formula is C19H19F3N4O2. The van der Waals surface area contributed by atoms with Gasteiger partial charge in [0, 0.05) is 19.0 Å². The van der Waals surface area contributed by atoms with Crippen LogP contribution in [0.5, 0.6) is 5.75 Å². The molecule has 0 aliphatic carbocycles. The fourth-order valence-electron chi connectivity index (χ4n) is 2.81. The predicted molar refractivity (Wildman–Crippen MR) is 97.1 cm³/mol. The number of aryl methyl sites for hydroxylation is 3. The average Bonchev–Trinajstić information content (AvgIpc) is 2.90. The predicted octanol–water partition coefficient (Wildman–Crippen LogP) is 3.46. The van der Waals surface area contributed by atoms with E-state index in [2.05, 4.69) is 20.1 Å². The zero-order chi connectivity index (χ0) is 20.5. The fourth-order valence-corrected chi connectivity index (χ4v) is 2.81. The van der Waals surface area contributed by atoms with Gasteiger partial charge in [-0.3, -0.25) is 9.48 Å². The standard InChI is InChI=1S/C19H19F3N4O2/c1-11-16(8-15-12(2)25-26(3)17(15)24-11)18(27)23-9-13-4-6-14(7-5-13)28-10-19(20,21)22/h4-8H,9-10H2,1-3H3,(H,23,27). The molecule has 3 aromatic rings. The van der Waals surface area contributed by atoms with Crippen LogP contribution in [0.3, 0.4) is 0 Å². The minimum atomic E-state index is -4.38. The van der Waals surface area contributed by atoms with E-state index in [0.29, 0.717) is 16.9 Å². The molecule has 3 rings (SSSR count). The summed E-state index contributed by atoms with van der Waals surface area (Å²) >= 11 is 0. The fraction of sp³-hybridized carbons (Fsp3) is 0.316. The third-order valence-electron chi connectivity index (χ3n) is 4.21. The van der Waals surface area contributed by atoms with Crippen LogP contribution >= 0.6 is 0 Å². The van der Waals surface area contributed by atoms with Crippen molar-refractivity contribution in [2.45, 2.75) is 26.6 Å². The quantitative estimate of drug-likeness (QED) is 0.722. The highest BCUT2D eigenvalue weighted by Gasteiger charge is 2.28. The van der Waals surface area contributed by atoms with Crippen LogP contribution < -0.4 is 10.1 Å². The van der Waals surface area contributed by atoms with Crippen molar-refractivity contribution in [3.63, 3.8) is 0 Å². The van der Waals surface area contributed by atoms with Gasteiger partial charge in [0.25, 0.3) is 5.91 Å². The van der Waals surface area contributed by atoms with Crippen molar-refractivity contribution in [1.29, 1.82) is 0 Å². The van der Waals surface area contributed by atoms with Gasteiger partial charge < -0.3 is 10.1 Å². The van der Waals surface area contributed by atoms with E-state index in [1.54, 1.807) is 36.9 Å². The van der Waals surface area contributed by atoms with E-state index in [4.69, 9.17) is 0 Å². The van der Waals surface area contributed by atoms with E-state index >= 15 is 0 Å². The van der Waals surface area contributed by atoms with Crippen molar-refractivity contribution >= 4 is 16.9 Å². The maximum absolute atomic E-state index is 12.6. The van der Waals surface area contributed by atoms with Gasteiger partial charge in [-0.15, -0.1) is 0 Å². The van der Waals surface area contributed by atoms with Gasteiger partial charge in [0.05, 0.1) is 17.0 Å². The number of aromatic nitrogens is 3. The average molecular weight is 392 g/mol. The Hall–Kier alpha value is -3.10. The first-order chi connectivity index (χ1) is 13.1. The molecule has 2 heterocycles. The number of pyridine rings is 1. The Labute approximate surface area is 159 Å². The first kappa shape index (κ1) is 19.7. The summed E-state index contributed by atoms with van der Waals surface area (Å²) < 4.78 is 42.8. The lowest BCUT2D eigenvalue weighted by molar-refractivity contribution is -0.153. The number of amides is 1. The number of benzene rings is 1. The molecule has 0 saturated carbocycles. The van der Waals surface area contributed by atoms with Gasteiger partial charge in [0.15, 0.2) is 12.3 Å². The van der Waals surface area contributed by atoms with E-state index in [0.717, 1.165) is 16.6 Å². The van der Waals surface area contributed by atoms with Crippen molar-refractivity contribution in [3.8, 4) is 5.75 Å². The molecule has 1 N–H and O–H groups in total. The monoisotopic (exact) mass is 392 g/mol. The molecule has 0 radical (unpaired) electrons. The zero-order valence-electron chi connectivity index (χ0n) is 15.6. The number of hydrogen-bond donors (Lipinski definition) is 1. The second-order valence-electron chi connectivity index (χ2n) is 6.43. The van der Waals surface area contributed by atoms with Crippen LogP contribution in [0.4, 0.5) is 13.2 Å². The molecule has 9 heteroatoms. The van der Waals surface area contributed by atoms with E-state index in [-0.39, 0.29) is 18.2 Å². The zero-order valence-corrected chi connectivity index (χ0v) is 15.6. The molecule has 0 unspecified atom stereocenters.